The van der Waals surface area contributed by atoms with E-state index in [0.29, 0.717) is 17.6 Å². The van der Waals surface area contributed by atoms with Gasteiger partial charge < -0.3 is 15.3 Å². The SMILES string of the molecule is CN(Cc1ccc2[nH]c(=O)oc2c1)CC(N)C(=O)O. The summed E-state index contributed by atoms with van der Waals surface area (Å²) in [6, 6.07) is 4.42. The minimum Gasteiger partial charge on any atom is -0.480 e. The standard InChI is InChI=1S/C12H15N3O4/c1-15(6-8(13)11(16)17)5-7-2-3-9-10(4-7)19-12(18)14-9/h2-4,8H,5-6,13H2,1H3,(H,14,18)(H,16,17). The van der Waals surface area contributed by atoms with Gasteiger partial charge >= 0.3 is 11.7 Å². The average Bonchev–Trinajstić information content (AvgIpc) is 2.68. The average molecular weight is 265 g/mol. The Kier molecular flexibility index (Phi) is 3.68. The van der Waals surface area contributed by atoms with Crippen molar-refractivity contribution in [1.82, 2.24) is 9.88 Å². The lowest BCUT2D eigenvalue weighted by Gasteiger charge is -2.18. The Morgan fingerprint density at radius 2 is 2.32 bits per heavy atom. The molecule has 0 amide bonds. The molecular formula is C12H15N3O4. The molecule has 0 fully saturated rings. The Labute approximate surface area is 108 Å². The number of aromatic nitrogens is 1. The highest BCUT2D eigenvalue weighted by Crippen LogP contribution is 2.13. The molecule has 2 rings (SSSR count). The molecule has 0 aliphatic carbocycles. The molecule has 1 atom stereocenters. The van der Waals surface area contributed by atoms with Crippen LogP contribution in [0.3, 0.4) is 0 Å². The molecule has 0 spiro atoms. The fraction of sp³-hybridized carbons (Fsp3) is 0.333. The first-order chi connectivity index (χ1) is 8.95. The largest absolute Gasteiger partial charge is 0.480 e. The Hall–Kier alpha value is -2.12. The van der Waals surface area contributed by atoms with Crippen LogP contribution in [-0.2, 0) is 11.3 Å². The molecule has 4 N–H and O–H groups in total. The number of fused-ring (bicyclic) bond motifs is 1. The van der Waals surface area contributed by atoms with Crippen molar-refractivity contribution in [3.63, 3.8) is 0 Å². The Balaban J connectivity index is 2.08. The summed E-state index contributed by atoms with van der Waals surface area (Å²) >= 11 is 0. The van der Waals surface area contributed by atoms with E-state index in [4.69, 9.17) is 15.3 Å². The van der Waals surface area contributed by atoms with E-state index in [-0.39, 0.29) is 6.54 Å². The van der Waals surface area contributed by atoms with Gasteiger partial charge in [0.15, 0.2) is 5.58 Å². The van der Waals surface area contributed by atoms with Crippen molar-refractivity contribution in [2.24, 2.45) is 5.73 Å². The minimum absolute atomic E-state index is 0.241. The normalized spacial score (nSPS) is 13.0. The van der Waals surface area contributed by atoms with Crippen LogP contribution < -0.4 is 11.5 Å². The molecule has 19 heavy (non-hydrogen) atoms. The zero-order valence-electron chi connectivity index (χ0n) is 10.4. The molecule has 2 aromatic rings. The maximum atomic E-state index is 11.0. The third-order valence-corrected chi connectivity index (χ3v) is 2.76. The van der Waals surface area contributed by atoms with E-state index in [9.17, 15) is 9.59 Å². The van der Waals surface area contributed by atoms with Crippen LogP contribution in [0.5, 0.6) is 0 Å². The van der Waals surface area contributed by atoms with Crippen LogP contribution in [0, 0.1) is 0 Å². The topological polar surface area (TPSA) is 113 Å². The van der Waals surface area contributed by atoms with Crippen molar-refractivity contribution in [3.05, 3.63) is 34.3 Å². The number of nitrogens with zero attached hydrogens (tertiary/aromatic N) is 1. The zero-order chi connectivity index (χ0) is 14.0. The van der Waals surface area contributed by atoms with Crippen LogP contribution in [0.4, 0.5) is 0 Å². The van der Waals surface area contributed by atoms with Gasteiger partial charge in [0.25, 0.3) is 0 Å². The van der Waals surface area contributed by atoms with Gasteiger partial charge in [-0.05, 0) is 24.7 Å². The molecule has 7 nitrogen and oxygen atoms in total. The fourth-order valence-corrected chi connectivity index (χ4v) is 1.88. The van der Waals surface area contributed by atoms with E-state index in [1.165, 1.54) is 0 Å². The number of carboxylic acid groups (broad SMARTS) is 1. The quantitative estimate of drug-likeness (QED) is 0.699. The number of nitrogens with two attached hydrogens (primary N) is 1. The van der Waals surface area contributed by atoms with Crippen molar-refractivity contribution < 1.29 is 14.3 Å². The van der Waals surface area contributed by atoms with Gasteiger partial charge in [-0.25, -0.2) is 4.79 Å². The van der Waals surface area contributed by atoms with Gasteiger partial charge in [0.05, 0.1) is 5.52 Å². The summed E-state index contributed by atoms with van der Waals surface area (Å²) in [4.78, 5) is 26.0. The number of benzene rings is 1. The number of rotatable bonds is 5. The summed E-state index contributed by atoms with van der Waals surface area (Å²) in [6.45, 7) is 0.760. The molecule has 1 aromatic heterocycles. The van der Waals surface area contributed by atoms with Crippen molar-refractivity contribution in [1.29, 1.82) is 0 Å². The highest BCUT2D eigenvalue weighted by Gasteiger charge is 2.14. The second-order valence-electron chi connectivity index (χ2n) is 4.49. The van der Waals surface area contributed by atoms with Gasteiger partial charge in [-0.2, -0.15) is 0 Å². The van der Waals surface area contributed by atoms with E-state index in [1.807, 2.05) is 6.07 Å². The van der Waals surface area contributed by atoms with E-state index in [2.05, 4.69) is 4.98 Å². The number of aliphatic carboxylic acids is 1. The predicted molar refractivity (Wildman–Crippen MR) is 68.8 cm³/mol. The molecule has 0 bridgehead atoms. The highest BCUT2D eigenvalue weighted by atomic mass is 16.4. The van der Waals surface area contributed by atoms with E-state index in [1.54, 1.807) is 24.1 Å². The molecule has 0 aliphatic rings. The Morgan fingerprint density at radius 3 is 3.00 bits per heavy atom. The molecule has 1 unspecified atom stereocenters. The second-order valence-corrected chi connectivity index (χ2v) is 4.49. The number of carbonyl (C=O) groups is 1. The molecule has 1 heterocycles. The van der Waals surface area contributed by atoms with Crippen LogP contribution in [-0.4, -0.2) is 40.6 Å². The maximum Gasteiger partial charge on any atom is 0.417 e. The number of nitrogens with one attached hydrogen (secondary N) is 1. The van der Waals surface area contributed by atoms with Gasteiger partial charge in [-0.1, -0.05) is 6.07 Å². The maximum absolute atomic E-state index is 11.0. The summed E-state index contributed by atoms with van der Waals surface area (Å²) in [5, 5.41) is 8.74. The first-order valence-corrected chi connectivity index (χ1v) is 5.74. The molecule has 7 heteroatoms. The van der Waals surface area contributed by atoms with Crippen molar-refractivity contribution >= 4 is 17.1 Å². The van der Waals surface area contributed by atoms with Gasteiger partial charge in [0.1, 0.15) is 6.04 Å². The highest BCUT2D eigenvalue weighted by molar-refractivity contribution is 5.73. The van der Waals surface area contributed by atoms with E-state index in [0.717, 1.165) is 5.56 Å². The Bertz CT molecular complexity index is 646. The lowest BCUT2D eigenvalue weighted by atomic mass is 10.2. The Morgan fingerprint density at radius 1 is 1.58 bits per heavy atom. The lowest BCUT2D eigenvalue weighted by Crippen LogP contribution is -2.40. The molecule has 1 aromatic carbocycles. The summed E-state index contributed by atoms with van der Waals surface area (Å²) in [6.07, 6.45) is 0. The van der Waals surface area contributed by atoms with Gasteiger partial charge in [-0.15, -0.1) is 0 Å². The first-order valence-electron chi connectivity index (χ1n) is 5.74. The number of hydrogen-bond acceptors (Lipinski definition) is 5. The minimum atomic E-state index is -1.03. The van der Waals surface area contributed by atoms with E-state index < -0.39 is 17.8 Å². The molecule has 0 saturated carbocycles. The van der Waals surface area contributed by atoms with Gasteiger partial charge in [0, 0.05) is 13.1 Å². The van der Waals surface area contributed by atoms with Crippen LogP contribution in [0.15, 0.2) is 27.4 Å². The number of hydrogen-bond donors (Lipinski definition) is 3. The summed E-state index contributed by atoms with van der Waals surface area (Å²) in [5.41, 5.74) is 7.49. The fourth-order valence-electron chi connectivity index (χ4n) is 1.88. The number of likely N-dealkylation sites (N-methyl/N-ethyl adjacent to an activating group) is 1. The van der Waals surface area contributed by atoms with Crippen LogP contribution in [0.1, 0.15) is 5.56 Å². The smallest absolute Gasteiger partial charge is 0.417 e. The lowest BCUT2D eigenvalue weighted by molar-refractivity contribution is -0.138. The number of aromatic amines is 1. The summed E-state index contributed by atoms with van der Waals surface area (Å²) < 4.78 is 4.96. The predicted octanol–water partition coefficient (Wildman–Crippen LogP) is -0.0352. The molecule has 102 valence electrons. The van der Waals surface area contributed by atoms with Crippen molar-refractivity contribution in [2.45, 2.75) is 12.6 Å². The molecule has 0 saturated heterocycles. The van der Waals surface area contributed by atoms with Crippen LogP contribution in [0.2, 0.25) is 0 Å². The molecular weight excluding hydrogens is 250 g/mol. The summed E-state index contributed by atoms with van der Waals surface area (Å²) in [5.74, 6) is -1.52. The molecule has 0 radical (unpaired) electrons. The van der Waals surface area contributed by atoms with Crippen molar-refractivity contribution in [2.75, 3.05) is 13.6 Å². The van der Waals surface area contributed by atoms with Crippen LogP contribution in [0.25, 0.3) is 11.1 Å². The third kappa shape index (κ3) is 3.21. The number of H-pyrrole nitrogens is 1. The van der Waals surface area contributed by atoms with Crippen LogP contribution >= 0.6 is 0 Å². The van der Waals surface area contributed by atoms with Gasteiger partial charge in [0.2, 0.25) is 0 Å². The van der Waals surface area contributed by atoms with Gasteiger partial charge in [-0.3, -0.25) is 14.7 Å². The number of carboxylic acids is 1. The third-order valence-electron chi connectivity index (χ3n) is 2.76. The zero-order valence-corrected chi connectivity index (χ0v) is 10.4. The number of oxazole rings is 1. The second kappa shape index (κ2) is 5.25. The molecule has 0 aliphatic heterocycles. The van der Waals surface area contributed by atoms with Crippen molar-refractivity contribution in [3.8, 4) is 0 Å². The monoisotopic (exact) mass is 265 g/mol. The van der Waals surface area contributed by atoms with E-state index >= 15 is 0 Å². The summed E-state index contributed by atoms with van der Waals surface area (Å²) in [7, 11) is 1.78. The first kappa shape index (κ1) is 13.3.